The van der Waals surface area contributed by atoms with Gasteiger partial charge >= 0.3 is 6.18 Å². The highest BCUT2D eigenvalue weighted by Crippen LogP contribution is 2.35. The summed E-state index contributed by atoms with van der Waals surface area (Å²) in [5.74, 6) is 0.101. The van der Waals surface area contributed by atoms with Crippen LogP contribution in [0.2, 0.25) is 10.0 Å². The SMILES string of the molecule is CNc1cc(C(F)(F)F)cc(Nc2cccc(Cl)c2Cl)n1. The lowest BCUT2D eigenvalue weighted by Gasteiger charge is -2.13. The summed E-state index contributed by atoms with van der Waals surface area (Å²) < 4.78 is 38.5. The molecule has 1 aromatic carbocycles. The second-order valence-electron chi connectivity index (χ2n) is 4.10. The van der Waals surface area contributed by atoms with Gasteiger partial charge in [-0.3, -0.25) is 0 Å². The van der Waals surface area contributed by atoms with Gasteiger partial charge in [-0.25, -0.2) is 4.98 Å². The van der Waals surface area contributed by atoms with E-state index in [1.54, 1.807) is 18.2 Å². The molecule has 0 fully saturated rings. The van der Waals surface area contributed by atoms with E-state index in [2.05, 4.69) is 15.6 Å². The summed E-state index contributed by atoms with van der Waals surface area (Å²) in [6.07, 6.45) is -4.47. The number of hydrogen-bond donors (Lipinski definition) is 2. The van der Waals surface area contributed by atoms with E-state index in [1.165, 1.54) is 7.05 Å². The summed E-state index contributed by atoms with van der Waals surface area (Å²) in [7, 11) is 1.48. The van der Waals surface area contributed by atoms with Gasteiger partial charge in [0.05, 0.1) is 21.3 Å². The molecule has 8 heteroatoms. The molecule has 0 amide bonds. The Morgan fingerprint density at radius 2 is 1.76 bits per heavy atom. The summed E-state index contributed by atoms with van der Waals surface area (Å²) in [6, 6.07) is 6.62. The van der Waals surface area contributed by atoms with Crippen molar-refractivity contribution in [2.24, 2.45) is 0 Å². The van der Waals surface area contributed by atoms with Crippen molar-refractivity contribution in [3.63, 3.8) is 0 Å². The minimum Gasteiger partial charge on any atom is -0.373 e. The van der Waals surface area contributed by atoms with Crippen molar-refractivity contribution in [2.45, 2.75) is 6.18 Å². The Bertz CT molecular complexity index is 660. The molecular formula is C13H10Cl2F3N3. The molecule has 1 aromatic heterocycles. The summed E-state index contributed by atoms with van der Waals surface area (Å²) in [4.78, 5) is 4.01. The number of aromatic nitrogens is 1. The van der Waals surface area contributed by atoms with Crippen molar-refractivity contribution >= 4 is 40.5 Å². The second kappa shape index (κ2) is 5.99. The molecular weight excluding hydrogens is 326 g/mol. The fraction of sp³-hybridized carbons (Fsp3) is 0.154. The van der Waals surface area contributed by atoms with E-state index < -0.39 is 11.7 Å². The van der Waals surface area contributed by atoms with Crippen LogP contribution in [0, 0.1) is 0 Å². The molecule has 0 atom stereocenters. The zero-order valence-electron chi connectivity index (χ0n) is 10.7. The molecule has 0 radical (unpaired) electrons. The highest BCUT2D eigenvalue weighted by molar-refractivity contribution is 6.43. The third kappa shape index (κ3) is 3.71. The van der Waals surface area contributed by atoms with Crippen LogP contribution in [0.3, 0.4) is 0 Å². The van der Waals surface area contributed by atoms with Crippen LogP contribution < -0.4 is 10.6 Å². The van der Waals surface area contributed by atoms with Crippen LogP contribution in [0.5, 0.6) is 0 Å². The largest absolute Gasteiger partial charge is 0.416 e. The van der Waals surface area contributed by atoms with Gasteiger partial charge in [0.1, 0.15) is 11.6 Å². The predicted molar refractivity (Wildman–Crippen MR) is 78.5 cm³/mol. The van der Waals surface area contributed by atoms with Crippen LogP contribution in [0.25, 0.3) is 0 Å². The molecule has 3 nitrogen and oxygen atoms in total. The van der Waals surface area contributed by atoms with Crippen molar-refractivity contribution in [3.05, 3.63) is 45.9 Å². The Hall–Kier alpha value is -1.66. The maximum absolute atomic E-state index is 12.8. The fourth-order valence-corrected chi connectivity index (χ4v) is 1.97. The Morgan fingerprint density at radius 3 is 2.38 bits per heavy atom. The van der Waals surface area contributed by atoms with E-state index in [4.69, 9.17) is 23.2 Å². The standard InChI is InChI=1S/C13H10Cl2F3N3/c1-19-10-5-7(13(16,17)18)6-11(21-10)20-9-4-2-3-8(14)12(9)15/h2-6H,1H3,(H2,19,20,21). The van der Waals surface area contributed by atoms with E-state index in [0.717, 1.165) is 12.1 Å². The molecule has 0 aliphatic rings. The quantitative estimate of drug-likeness (QED) is 0.810. The molecule has 0 aliphatic heterocycles. The van der Waals surface area contributed by atoms with Crippen molar-refractivity contribution in [1.29, 1.82) is 0 Å². The Morgan fingerprint density at radius 1 is 1.10 bits per heavy atom. The average Bonchev–Trinajstić information content (AvgIpc) is 2.42. The van der Waals surface area contributed by atoms with Crippen LogP contribution in [0.4, 0.5) is 30.5 Å². The first-order valence-electron chi connectivity index (χ1n) is 5.79. The van der Waals surface area contributed by atoms with Gasteiger partial charge in [0.15, 0.2) is 0 Å². The first kappa shape index (κ1) is 15.7. The lowest BCUT2D eigenvalue weighted by Crippen LogP contribution is -2.08. The molecule has 1 heterocycles. The molecule has 2 rings (SSSR count). The van der Waals surface area contributed by atoms with Crippen LogP contribution >= 0.6 is 23.2 Å². The number of pyridine rings is 1. The van der Waals surface area contributed by atoms with E-state index >= 15 is 0 Å². The minimum atomic E-state index is -4.47. The van der Waals surface area contributed by atoms with Crippen LogP contribution in [-0.2, 0) is 6.18 Å². The van der Waals surface area contributed by atoms with E-state index in [-0.39, 0.29) is 16.7 Å². The first-order chi connectivity index (χ1) is 9.81. The normalized spacial score (nSPS) is 11.3. The van der Waals surface area contributed by atoms with Crippen LogP contribution in [0.15, 0.2) is 30.3 Å². The maximum Gasteiger partial charge on any atom is 0.416 e. The number of benzene rings is 1. The third-order valence-corrected chi connectivity index (χ3v) is 3.44. The van der Waals surface area contributed by atoms with Gasteiger partial charge in [0, 0.05) is 7.05 Å². The first-order valence-corrected chi connectivity index (χ1v) is 6.55. The molecule has 0 unspecified atom stereocenters. The zero-order chi connectivity index (χ0) is 15.6. The van der Waals surface area contributed by atoms with E-state index in [0.29, 0.717) is 10.7 Å². The molecule has 0 bridgehead atoms. The summed E-state index contributed by atoms with van der Waals surface area (Å²) in [5.41, 5.74) is -0.444. The van der Waals surface area contributed by atoms with Gasteiger partial charge < -0.3 is 10.6 Å². The van der Waals surface area contributed by atoms with Crippen LogP contribution in [0.1, 0.15) is 5.56 Å². The molecule has 21 heavy (non-hydrogen) atoms. The van der Waals surface area contributed by atoms with Crippen molar-refractivity contribution in [3.8, 4) is 0 Å². The predicted octanol–water partition coefficient (Wildman–Crippen LogP) is 5.19. The Balaban J connectivity index is 2.42. The third-order valence-electron chi connectivity index (χ3n) is 2.62. The maximum atomic E-state index is 12.8. The number of anilines is 3. The van der Waals surface area contributed by atoms with E-state index in [1.807, 2.05) is 0 Å². The van der Waals surface area contributed by atoms with Crippen molar-refractivity contribution in [1.82, 2.24) is 4.98 Å². The van der Waals surface area contributed by atoms with Crippen LogP contribution in [-0.4, -0.2) is 12.0 Å². The van der Waals surface area contributed by atoms with Gasteiger partial charge in [0.25, 0.3) is 0 Å². The van der Waals surface area contributed by atoms with Gasteiger partial charge in [-0.05, 0) is 24.3 Å². The van der Waals surface area contributed by atoms with E-state index in [9.17, 15) is 13.2 Å². The molecule has 0 aliphatic carbocycles. The number of nitrogens with one attached hydrogen (secondary N) is 2. The Labute approximate surface area is 129 Å². The fourth-order valence-electron chi connectivity index (χ4n) is 1.62. The lowest BCUT2D eigenvalue weighted by molar-refractivity contribution is -0.137. The van der Waals surface area contributed by atoms with Gasteiger partial charge in [0.2, 0.25) is 0 Å². The topological polar surface area (TPSA) is 37.0 Å². The zero-order valence-corrected chi connectivity index (χ0v) is 12.2. The molecule has 0 saturated carbocycles. The second-order valence-corrected chi connectivity index (χ2v) is 4.89. The highest BCUT2D eigenvalue weighted by Gasteiger charge is 2.31. The van der Waals surface area contributed by atoms with Gasteiger partial charge in [-0.15, -0.1) is 0 Å². The number of rotatable bonds is 3. The monoisotopic (exact) mass is 335 g/mol. The molecule has 0 spiro atoms. The number of nitrogens with zero attached hydrogens (tertiary/aromatic N) is 1. The molecule has 2 N–H and O–H groups in total. The van der Waals surface area contributed by atoms with Gasteiger partial charge in [-0.1, -0.05) is 29.3 Å². The lowest BCUT2D eigenvalue weighted by atomic mass is 10.2. The summed E-state index contributed by atoms with van der Waals surface area (Å²) >= 11 is 11.8. The average molecular weight is 336 g/mol. The van der Waals surface area contributed by atoms with Crippen molar-refractivity contribution in [2.75, 3.05) is 17.7 Å². The minimum absolute atomic E-state index is 0.0124. The summed E-state index contributed by atoms with van der Waals surface area (Å²) in [6.45, 7) is 0. The molecule has 2 aromatic rings. The number of alkyl halides is 3. The number of halogens is 5. The van der Waals surface area contributed by atoms with Crippen molar-refractivity contribution < 1.29 is 13.2 Å². The molecule has 0 saturated heterocycles. The Kier molecular flexibility index (Phi) is 4.49. The molecule has 112 valence electrons. The number of hydrogen-bond acceptors (Lipinski definition) is 3. The summed E-state index contributed by atoms with van der Waals surface area (Å²) in [5, 5.41) is 5.82. The van der Waals surface area contributed by atoms with Gasteiger partial charge in [-0.2, -0.15) is 13.2 Å². The smallest absolute Gasteiger partial charge is 0.373 e. The highest BCUT2D eigenvalue weighted by atomic mass is 35.5.